The summed E-state index contributed by atoms with van der Waals surface area (Å²) in [5.74, 6) is -0.329. The third-order valence-corrected chi connectivity index (χ3v) is 6.19. The fourth-order valence-electron chi connectivity index (χ4n) is 0.260. The molecule has 5 N–H and O–H groups in total. The van der Waals surface area contributed by atoms with Crippen molar-refractivity contribution in [2.45, 2.75) is 0 Å². The highest BCUT2D eigenvalue weighted by molar-refractivity contribution is 14.1. The maximum Gasteiger partial charge on any atom is 0.308 e. The van der Waals surface area contributed by atoms with E-state index in [0.717, 1.165) is 0 Å². The van der Waals surface area contributed by atoms with Crippen LogP contribution in [-0.2, 0) is 9.36 Å². The number of carbonyl (C=O) groups excluding carboxylic acids is 1. The summed E-state index contributed by atoms with van der Waals surface area (Å²) in [6, 6.07) is 0. The van der Waals surface area contributed by atoms with Gasteiger partial charge in [0.05, 0.1) is 4.43 Å². The van der Waals surface area contributed by atoms with Gasteiger partial charge in [-0.15, -0.1) is 0 Å². The fraction of sp³-hybridized carbons (Fsp3) is 0.500. The van der Waals surface area contributed by atoms with Gasteiger partial charge in [-0.25, -0.2) is 0 Å². The van der Waals surface area contributed by atoms with Gasteiger partial charge in [-0.2, -0.15) is 0 Å². The normalized spacial score (nSPS) is 11.2. The van der Waals surface area contributed by atoms with Gasteiger partial charge in [0.25, 0.3) is 0 Å². The SMILES string of the molecule is NSP(=O)(NC(=O)CI)SN. The molecule has 0 saturated heterocycles. The minimum absolute atomic E-state index is 0.239. The van der Waals surface area contributed by atoms with Crippen LogP contribution < -0.4 is 15.4 Å². The Morgan fingerprint density at radius 1 is 1.55 bits per heavy atom. The monoisotopic (exact) mass is 327 g/mol. The van der Waals surface area contributed by atoms with Crippen molar-refractivity contribution >= 4 is 57.3 Å². The molecule has 0 radical (unpaired) electrons. The highest BCUT2D eigenvalue weighted by Gasteiger charge is 2.22. The molecule has 0 rings (SSSR count). The molecular formula is C2H7IN3O2PS2. The summed E-state index contributed by atoms with van der Waals surface area (Å²) in [6.45, 7) is 0. The summed E-state index contributed by atoms with van der Waals surface area (Å²) in [5.41, 5.74) is -2.97. The average Bonchev–Trinajstić information content (AvgIpc) is 2.04. The summed E-state index contributed by atoms with van der Waals surface area (Å²) in [5, 5.41) is 12.3. The number of hydrogen-bond acceptors (Lipinski definition) is 6. The van der Waals surface area contributed by atoms with Gasteiger partial charge < -0.3 is 0 Å². The van der Waals surface area contributed by atoms with E-state index in [1.54, 1.807) is 0 Å². The summed E-state index contributed by atoms with van der Waals surface area (Å²) in [4.78, 5) is 10.7. The van der Waals surface area contributed by atoms with Gasteiger partial charge >= 0.3 is 5.70 Å². The molecule has 0 aliphatic heterocycles. The minimum atomic E-state index is -2.97. The Balaban J connectivity index is 4.09. The van der Waals surface area contributed by atoms with Crippen LogP contribution in [0, 0.1) is 0 Å². The molecular weight excluding hydrogens is 320 g/mol. The van der Waals surface area contributed by atoms with Gasteiger partial charge in [0, 0.05) is 23.1 Å². The Morgan fingerprint density at radius 3 is 2.27 bits per heavy atom. The number of rotatable bonds is 4. The first kappa shape index (κ1) is 12.0. The maximum atomic E-state index is 11.3. The van der Waals surface area contributed by atoms with E-state index in [0.29, 0.717) is 23.1 Å². The summed E-state index contributed by atoms with van der Waals surface area (Å²) < 4.78 is 11.5. The molecule has 0 atom stereocenters. The van der Waals surface area contributed by atoms with E-state index < -0.39 is 5.70 Å². The quantitative estimate of drug-likeness (QED) is 0.307. The van der Waals surface area contributed by atoms with Crippen LogP contribution in [0.2, 0.25) is 0 Å². The summed E-state index contributed by atoms with van der Waals surface area (Å²) in [6.07, 6.45) is 0. The molecule has 0 spiro atoms. The van der Waals surface area contributed by atoms with Gasteiger partial charge in [0.2, 0.25) is 5.91 Å². The van der Waals surface area contributed by atoms with E-state index in [9.17, 15) is 9.36 Å². The van der Waals surface area contributed by atoms with Crippen LogP contribution in [0.5, 0.6) is 0 Å². The third kappa shape index (κ3) is 4.58. The Labute approximate surface area is 86.1 Å². The smallest absolute Gasteiger partial charge is 0.288 e. The number of amides is 1. The van der Waals surface area contributed by atoms with Gasteiger partial charge in [-0.1, -0.05) is 22.6 Å². The molecule has 0 aliphatic rings. The van der Waals surface area contributed by atoms with E-state index in [1.807, 2.05) is 22.6 Å². The second-order valence-corrected chi connectivity index (χ2v) is 8.82. The third-order valence-electron chi connectivity index (χ3n) is 0.661. The second-order valence-electron chi connectivity index (χ2n) is 1.38. The van der Waals surface area contributed by atoms with Gasteiger partial charge in [0.1, 0.15) is 0 Å². The van der Waals surface area contributed by atoms with E-state index in [2.05, 4.69) is 5.09 Å². The van der Waals surface area contributed by atoms with Gasteiger partial charge in [-0.05, 0) is 0 Å². The van der Waals surface area contributed by atoms with Crippen molar-refractivity contribution in [1.82, 2.24) is 5.09 Å². The molecule has 11 heavy (non-hydrogen) atoms. The molecule has 9 heteroatoms. The molecule has 0 unspecified atom stereocenters. The molecule has 0 aromatic carbocycles. The highest BCUT2D eigenvalue weighted by Crippen LogP contribution is 2.60. The van der Waals surface area contributed by atoms with Crippen LogP contribution in [0.3, 0.4) is 0 Å². The lowest BCUT2D eigenvalue weighted by molar-refractivity contribution is -0.116. The number of halogens is 1. The van der Waals surface area contributed by atoms with Crippen molar-refractivity contribution in [2.24, 2.45) is 10.3 Å². The Kier molecular flexibility index (Phi) is 6.19. The molecule has 0 bridgehead atoms. The molecule has 0 fully saturated rings. The van der Waals surface area contributed by atoms with Crippen LogP contribution in [0.15, 0.2) is 0 Å². The van der Waals surface area contributed by atoms with Gasteiger partial charge in [-0.3, -0.25) is 24.7 Å². The van der Waals surface area contributed by atoms with Crippen molar-refractivity contribution in [3.05, 3.63) is 0 Å². The predicted molar refractivity (Wildman–Crippen MR) is 58.2 cm³/mol. The molecule has 66 valence electrons. The first-order chi connectivity index (χ1) is 5.08. The lowest BCUT2D eigenvalue weighted by Gasteiger charge is -2.11. The lowest BCUT2D eigenvalue weighted by atomic mass is 10.8. The summed E-state index contributed by atoms with van der Waals surface area (Å²) in [7, 11) is 0. The minimum Gasteiger partial charge on any atom is -0.288 e. The Hall–Kier alpha value is 1.05. The maximum absolute atomic E-state index is 11.3. The molecule has 0 heterocycles. The van der Waals surface area contributed by atoms with Crippen LogP contribution in [-0.4, -0.2) is 10.3 Å². The number of alkyl halides is 1. The Bertz CT molecular complexity index is 182. The largest absolute Gasteiger partial charge is 0.308 e. The molecule has 5 nitrogen and oxygen atoms in total. The van der Waals surface area contributed by atoms with Crippen LogP contribution in [0.4, 0.5) is 0 Å². The van der Waals surface area contributed by atoms with Crippen LogP contribution in [0.1, 0.15) is 0 Å². The zero-order chi connectivity index (χ0) is 8.91. The molecule has 0 aromatic heterocycles. The van der Waals surface area contributed by atoms with Crippen molar-refractivity contribution in [2.75, 3.05) is 4.43 Å². The van der Waals surface area contributed by atoms with Crippen molar-refractivity contribution in [3.8, 4) is 0 Å². The van der Waals surface area contributed by atoms with E-state index in [-0.39, 0.29) is 10.3 Å². The predicted octanol–water partition coefficient (Wildman–Crippen LogP) is 0.860. The summed E-state index contributed by atoms with van der Waals surface area (Å²) >= 11 is 3.00. The second kappa shape index (κ2) is 5.65. The first-order valence-electron chi connectivity index (χ1n) is 2.32. The molecule has 0 saturated carbocycles. The standard InChI is InChI=1S/C2H7IN3O2PS2/c3-1-2(7)6-9(8,10-4)11-5/h1,4-5H2,(H,6,7,8). The molecule has 0 aromatic rings. The Morgan fingerprint density at radius 2 is 2.00 bits per heavy atom. The van der Waals surface area contributed by atoms with E-state index in [1.165, 1.54) is 0 Å². The number of carbonyl (C=O) groups is 1. The topological polar surface area (TPSA) is 98.2 Å². The van der Waals surface area contributed by atoms with Crippen molar-refractivity contribution in [3.63, 3.8) is 0 Å². The number of hydrogen-bond donors (Lipinski definition) is 3. The van der Waals surface area contributed by atoms with E-state index in [4.69, 9.17) is 10.3 Å². The number of nitrogens with one attached hydrogen (secondary N) is 1. The zero-order valence-electron chi connectivity index (χ0n) is 5.32. The molecule has 1 amide bonds. The number of nitrogens with two attached hydrogens (primary N) is 2. The molecule has 0 aliphatic carbocycles. The van der Waals surface area contributed by atoms with Crippen molar-refractivity contribution < 1.29 is 9.36 Å². The average molecular weight is 327 g/mol. The van der Waals surface area contributed by atoms with E-state index >= 15 is 0 Å². The first-order valence-corrected chi connectivity index (χ1v) is 8.52. The van der Waals surface area contributed by atoms with Crippen LogP contribution in [0.25, 0.3) is 0 Å². The highest BCUT2D eigenvalue weighted by atomic mass is 127. The van der Waals surface area contributed by atoms with Crippen molar-refractivity contribution in [1.29, 1.82) is 0 Å². The van der Waals surface area contributed by atoms with Gasteiger partial charge in [0.15, 0.2) is 0 Å². The lowest BCUT2D eigenvalue weighted by Crippen LogP contribution is -2.19. The van der Waals surface area contributed by atoms with Crippen LogP contribution >= 0.6 is 51.4 Å². The fourth-order valence-corrected chi connectivity index (χ4v) is 2.82. The zero-order valence-corrected chi connectivity index (χ0v) is 10.0.